The Morgan fingerprint density at radius 1 is 1.42 bits per heavy atom. The van der Waals surface area contributed by atoms with Crippen molar-refractivity contribution >= 4 is 11.9 Å². The molecule has 1 aliphatic rings. The fraction of sp³-hybridized carbons (Fsp3) is 0.412. The third-order valence-electron chi connectivity index (χ3n) is 4.32. The molecule has 0 aliphatic carbocycles. The topological polar surface area (TPSA) is 82.2 Å². The number of H-pyrrole nitrogens is 1. The summed E-state index contributed by atoms with van der Waals surface area (Å²) in [4.78, 5) is 39.4. The number of anilines is 1. The molecule has 0 radical (unpaired) electrons. The van der Waals surface area contributed by atoms with E-state index in [-0.39, 0.29) is 17.4 Å². The quantitative estimate of drug-likeness (QED) is 0.915. The van der Waals surface area contributed by atoms with Crippen LogP contribution >= 0.6 is 0 Å². The maximum Gasteiger partial charge on any atom is 0.254 e. The van der Waals surface area contributed by atoms with Gasteiger partial charge < -0.3 is 9.80 Å². The van der Waals surface area contributed by atoms with Crippen LogP contribution in [0.5, 0.6) is 0 Å². The highest BCUT2D eigenvalue weighted by Crippen LogP contribution is 2.27. The Balaban J connectivity index is 1.80. The van der Waals surface area contributed by atoms with E-state index in [9.17, 15) is 9.59 Å². The Morgan fingerprint density at radius 3 is 2.92 bits per heavy atom. The summed E-state index contributed by atoms with van der Waals surface area (Å²) in [5.74, 6) is 0.624. The van der Waals surface area contributed by atoms with E-state index in [1.54, 1.807) is 23.4 Å². The monoisotopic (exact) mass is 327 g/mol. The Hall–Kier alpha value is -2.70. The summed E-state index contributed by atoms with van der Waals surface area (Å²) < 4.78 is 0. The van der Waals surface area contributed by atoms with Crippen molar-refractivity contribution in [2.75, 3.05) is 32.1 Å². The Morgan fingerprint density at radius 2 is 2.21 bits per heavy atom. The van der Waals surface area contributed by atoms with Gasteiger partial charge >= 0.3 is 0 Å². The van der Waals surface area contributed by atoms with Gasteiger partial charge in [-0.1, -0.05) is 0 Å². The first kappa shape index (κ1) is 16.2. The molecule has 0 spiro atoms. The Bertz CT molecular complexity index is 815. The van der Waals surface area contributed by atoms with Crippen LogP contribution in [-0.2, 0) is 0 Å². The Kier molecular flexibility index (Phi) is 4.33. The van der Waals surface area contributed by atoms with Crippen LogP contribution in [0.1, 0.15) is 34.0 Å². The molecule has 1 unspecified atom stereocenters. The summed E-state index contributed by atoms with van der Waals surface area (Å²) in [5, 5.41) is 0. The average Bonchev–Trinajstić information content (AvgIpc) is 3.04. The zero-order chi connectivity index (χ0) is 17.3. The van der Waals surface area contributed by atoms with Crippen molar-refractivity contribution in [3.63, 3.8) is 0 Å². The number of aromatic nitrogens is 3. The van der Waals surface area contributed by atoms with Crippen molar-refractivity contribution in [1.29, 1.82) is 0 Å². The zero-order valence-corrected chi connectivity index (χ0v) is 14.1. The molecule has 0 aromatic carbocycles. The highest BCUT2D eigenvalue weighted by atomic mass is 16.2. The highest BCUT2D eigenvalue weighted by Gasteiger charge is 2.30. The van der Waals surface area contributed by atoms with E-state index >= 15 is 0 Å². The average molecular weight is 327 g/mol. The normalized spacial score (nSPS) is 17.1. The molecule has 3 heterocycles. The summed E-state index contributed by atoms with van der Waals surface area (Å²) >= 11 is 0. The van der Waals surface area contributed by atoms with E-state index < -0.39 is 0 Å². The standard InChI is InChI=1S/C17H21N5O2/c1-11-9-18-6-4-13(11)16(24)22-7-5-12(10-22)14-8-15(23)20-17(19-14)21(2)3/h4,6,8-9,12H,5,7,10H2,1-3H3,(H,19,20,23). The first-order valence-electron chi connectivity index (χ1n) is 7.94. The molecule has 7 heteroatoms. The number of likely N-dealkylation sites (tertiary alicyclic amines) is 1. The molecular formula is C17H21N5O2. The predicted octanol–water partition coefficient (Wildman–Crippen LogP) is 1.17. The number of aryl methyl sites for hydroxylation is 1. The molecule has 1 N–H and O–H groups in total. The largest absolute Gasteiger partial charge is 0.348 e. The van der Waals surface area contributed by atoms with E-state index in [0.29, 0.717) is 24.6 Å². The molecule has 0 bridgehead atoms. The first-order chi connectivity index (χ1) is 11.5. The number of carbonyl (C=O) groups is 1. The van der Waals surface area contributed by atoms with Crippen LogP contribution in [0, 0.1) is 6.92 Å². The molecule has 2 aromatic heterocycles. The maximum absolute atomic E-state index is 12.7. The van der Waals surface area contributed by atoms with Crippen molar-refractivity contribution in [3.05, 3.63) is 51.7 Å². The van der Waals surface area contributed by atoms with Gasteiger partial charge in [0.25, 0.3) is 11.5 Å². The second-order valence-electron chi connectivity index (χ2n) is 6.32. The fourth-order valence-corrected chi connectivity index (χ4v) is 2.95. The van der Waals surface area contributed by atoms with Gasteiger partial charge in [-0.3, -0.25) is 19.6 Å². The molecule has 1 aliphatic heterocycles. The molecule has 24 heavy (non-hydrogen) atoms. The number of amides is 1. The number of hydrogen-bond acceptors (Lipinski definition) is 5. The SMILES string of the molecule is Cc1cnccc1C(=O)N1CCC(c2cc(=O)[nH]c(N(C)C)n2)C1. The lowest BCUT2D eigenvalue weighted by molar-refractivity contribution is 0.0790. The number of carbonyl (C=O) groups excluding carboxylic acids is 1. The molecule has 1 amide bonds. The zero-order valence-electron chi connectivity index (χ0n) is 14.1. The van der Waals surface area contributed by atoms with Crippen molar-refractivity contribution in [2.24, 2.45) is 0 Å². The van der Waals surface area contributed by atoms with E-state index in [1.165, 1.54) is 6.07 Å². The first-order valence-corrected chi connectivity index (χ1v) is 7.94. The van der Waals surface area contributed by atoms with Crippen LogP contribution in [-0.4, -0.2) is 52.9 Å². The number of pyridine rings is 1. The third-order valence-corrected chi connectivity index (χ3v) is 4.32. The van der Waals surface area contributed by atoms with E-state index in [1.807, 2.05) is 25.9 Å². The lowest BCUT2D eigenvalue weighted by atomic mass is 10.0. The van der Waals surface area contributed by atoms with Crippen LogP contribution < -0.4 is 10.5 Å². The minimum absolute atomic E-state index is 0.00933. The van der Waals surface area contributed by atoms with Crippen molar-refractivity contribution in [2.45, 2.75) is 19.3 Å². The molecule has 126 valence electrons. The highest BCUT2D eigenvalue weighted by molar-refractivity contribution is 5.95. The van der Waals surface area contributed by atoms with Gasteiger partial charge in [-0.2, -0.15) is 0 Å². The van der Waals surface area contributed by atoms with Crippen LogP contribution in [0.2, 0.25) is 0 Å². The second-order valence-corrected chi connectivity index (χ2v) is 6.32. The predicted molar refractivity (Wildman–Crippen MR) is 91.4 cm³/mol. The summed E-state index contributed by atoms with van der Waals surface area (Å²) in [7, 11) is 3.66. The Labute approximate surface area is 140 Å². The molecule has 7 nitrogen and oxygen atoms in total. The number of hydrogen-bond donors (Lipinski definition) is 1. The van der Waals surface area contributed by atoms with Gasteiger partial charge in [0.1, 0.15) is 0 Å². The fourth-order valence-electron chi connectivity index (χ4n) is 2.95. The van der Waals surface area contributed by atoms with Crippen LogP contribution in [0.15, 0.2) is 29.3 Å². The van der Waals surface area contributed by atoms with E-state index in [0.717, 1.165) is 17.7 Å². The molecule has 3 rings (SSSR count). The molecule has 1 saturated heterocycles. The molecule has 1 fully saturated rings. The second kappa shape index (κ2) is 6.43. The smallest absolute Gasteiger partial charge is 0.254 e. The van der Waals surface area contributed by atoms with Crippen molar-refractivity contribution in [3.8, 4) is 0 Å². The lowest BCUT2D eigenvalue weighted by Gasteiger charge is -2.18. The summed E-state index contributed by atoms with van der Waals surface area (Å²) in [6.07, 6.45) is 4.14. The van der Waals surface area contributed by atoms with Crippen LogP contribution in [0.25, 0.3) is 0 Å². The summed E-state index contributed by atoms with van der Waals surface area (Å²) in [6, 6.07) is 3.28. The number of nitrogens with zero attached hydrogens (tertiary/aromatic N) is 4. The van der Waals surface area contributed by atoms with Gasteiger partial charge in [0.15, 0.2) is 0 Å². The van der Waals surface area contributed by atoms with Crippen LogP contribution in [0.3, 0.4) is 0 Å². The van der Waals surface area contributed by atoms with Crippen molar-refractivity contribution in [1.82, 2.24) is 19.9 Å². The van der Waals surface area contributed by atoms with Crippen LogP contribution in [0.4, 0.5) is 5.95 Å². The molecule has 2 aromatic rings. The van der Waals surface area contributed by atoms with E-state index in [2.05, 4.69) is 15.0 Å². The molecule has 0 saturated carbocycles. The summed E-state index contributed by atoms with van der Waals surface area (Å²) in [6.45, 7) is 3.12. The third kappa shape index (κ3) is 3.15. The number of rotatable bonds is 3. The van der Waals surface area contributed by atoms with Gasteiger partial charge in [0.05, 0.1) is 5.69 Å². The minimum Gasteiger partial charge on any atom is -0.348 e. The lowest BCUT2D eigenvalue weighted by Crippen LogP contribution is -2.29. The molecular weight excluding hydrogens is 306 g/mol. The van der Waals surface area contributed by atoms with Gasteiger partial charge in [-0.15, -0.1) is 0 Å². The summed E-state index contributed by atoms with van der Waals surface area (Å²) in [5.41, 5.74) is 2.12. The van der Waals surface area contributed by atoms with Gasteiger partial charge in [0.2, 0.25) is 5.95 Å². The minimum atomic E-state index is -0.168. The van der Waals surface area contributed by atoms with Gasteiger partial charge in [-0.05, 0) is 25.0 Å². The maximum atomic E-state index is 12.7. The number of aromatic amines is 1. The van der Waals surface area contributed by atoms with Gasteiger partial charge in [-0.25, -0.2) is 4.98 Å². The number of nitrogens with one attached hydrogen (secondary N) is 1. The molecule has 1 atom stereocenters. The van der Waals surface area contributed by atoms with Gasteiger partial charge in [0, 0.05) is 57.1 Å². The van der Waals surface area contributed by atoms with E-state index in [4.69, 9.17) is 0 Å². The van der Waals surface area contributed by atoms with Crippen molar-refractivity contribution < 1.29 is 4.79 Å².